The summed E-state index contributed by atoms with van der Waals surface area (Å²) in [4.78, 5) is 11.7. The summed E-state index contributed by atoms with van der Waals surface area (Å²) in [6.07, 6.45) is 0.524. The second-order valence-corrected chi connectivity index (χ2v) is 8.61. The molecule has 1 amide bonds. The van der Waals surface area contributed by atoms with E-state index >= 15 is 0 Å². The number of ether oxygens (including phenoxy) is 1. The maximum absolute atomic E-state index is 11.9. The molecule has 0 aliphatic heterocycles. The Labute approximate surface area is 135 Å². The molecule has 0 saturated heterocycles. The molecule has 2 rings (SSSR count). The van der Waals surface area contributed by atoms with Crippen molar-refractivity contribution in [2.75, 3.05) is 12.8 Å². The number of anilines is 1. The quantitative estimate of drug-likeness (QED) is 0.561. The lowest BCUT2D eigenvalue weighted by atomic mass is 9.80. The van der Waals surface area contributed by atoms with E-state index in [1.54, 1.807) is 0 Å². The number of nitrogens with two attached hydrogens (primary N) is 2. The predicted molar refractivity (Wildman–Crippen MR) is 87.1 cm³/mol. The summed E-state index contributed by atoms with van der Waals surface area (Å²) < 4.78 is 37.3. The predicted octanol–water partition coefficient (Wildman–Crippen LogP) is 1.55. The lowest BCUT2D eigenvalue weighted by Gasteiger charge is -2.29. The van der Waals surface area contributed by atoms with Crippen LogP contribution in [0.4, 0.5) is 5.69 Å². The Balaban J connectivity index is 2.94. The molecule has 0 unspecified atom stereocenters. The maximum atomic E-state index is 11.9. The standard InChI is InChI=1S/C15H22N2O5S/c1-14(2,3)9-7-8(13(17)18)12(22-4)11(16)10(9)15(5-6-15)23(19,20)21/h7H,5-6,16H2,1-4H3,(H2,17,18)(H,19,20,21). The van der Waals surface area contributed by atoms with Gasteiger partial charge in [0.05, 0.1) is 18.4 Å². The Morgan fingerprint density at radius 2 is 1.87 bits per heavy atom. The highest BCUT2D eigenvalue weighted by atomic mass is 32.2. The molecule has 1 fully saturated rings. The van der Waals surface area contributed by atoms with E-state index in [4.69, 9.17) is 16.2 Å². The second-order valence-electron chi connectivity index (χ2n) is 6.88. The van der Waals surface area contributed by atoms with Gasteiger partial charge < -0.3 is 16.2 Å². The van der Waals surface area contributed by atoms with Crippen molar-refractivity contribution in [3.63, 3.8) is 0 Å². The Kier molecular flexibility index (Phi) is 3.89. The van der Waals surface area contributed by atoms with Gasteiger partial charge in [0.1, 0.15) is 4.75 Å². The zero-order valence-corrected chi connectivity index (χ0v) is 14.5. The van der Waals surface area contributed by atoms with Crippen molar-refractivity contribution in [3.05, 3.63) is 22.8 Å². The topological polar surface area (TPSA) is 133 Å². The summed E-state index contributed by atoms with van der Waals surface area (Å²) in [5.74, 6) is -0.683. The van der Waals surface area contributed by atoms with E-state index in [0.29, 0.717) is 11.1 Å². The molecule has 128 valence electrons. The fraction of sp³-hybridized carbons (Fsp3) is 0.533. The molecule has 23 heavy (non-hydrogen) atoms. The molecule has 1 aromatic rings. The summed E-state index contributed by atoms with van der Waals surface area (Å²) in [6.45, 7) is 5.59. The number of hydrogen-bond acceptors (Lipinski definition) is 5. The van der Waals surface area contributed by atoms with Crippen LogP contribution in [-0.4, -0.2) is 26.0 Å². The van der Waals surface area contributed by atoms with Crippen molar-refractivity contribution >= 4 is 21.7 Å². The van der Waals surface area contributed by atoms with Gasteiger partial charge in [-0.2, -0.15) is 8.42 Å². The minimum atomic E-state index is -4.36. The lowest BCUT2D eigenvalue weighted by molar-refractivity contribution is 0.0997. The van der Waals surface area contributed by atoms with Gasteiger partial charge in [0, 0.05) is 5.56 Å². The Bertz CT molecular complexity index is 774. The van der Waals surface area contributed by atoms with Gasteiger partial charge >= 0.3 is 0 Å². The van der Waals surface area contributed by atoms with Crippen LogP contribution in [0.1, 0.15) is 55.1 Å². The van der Waals surface area contributed by atoms with E-state index in [0.717, 1.165) is 0 Å². The molecule has 1 saturated carbocycles. The molecule has 0 bridgehead atoms. The van der Waals surface area contributed by atoms with Crippen LogP contribution in [0.2, 0.25) is 0 Å². The zero-order chi connectivity index (χ0) is 17.8. The van der Waals surface area contributed by atoms with Crippen LogP contribution >= 0.6 is 0 Å². The molecule has 0 heterocycles. The van der Waals surface area contributed by atoms with Crippen LogP contribution in [0.5, 0.6) is 5.75 Å². The number of carbonyl (C=O) groups excluding carboxylic acids is 1. The summed E-state index contributed by atoms with van der Waals surface area (Å²) >= 11 is 0. The zero-order valence-electron chi connectivity index (χ0n) is 13.6. The minimum absolute atomic E-state index is 0.0313. The first-order valence-electron chi connectivity index (χ1n) is 7.15. The first-order chi connectivity index (χ1) is 10.4. The third kappa shape index (κ3) is 2.66. The van der Waals surface area contributed by atoms with Crippen LogP contribution in [-0.2, 0) is 20.3 Å². The van der Waals surface area contributed by atoms with Gasteiger partial charge in [-0.3, -0.25) is 9.35 Å². The van der Waals surface area contributed by atoms with Crippen LogP contribution in [0.25, 0.3) is 0 Å². The first-order valence-corrected chi connectivity index (χ1v) is 8.59. The number of methoxy groups -OCH3 is 1. The Hall–Kier alpha value is -1.80. The highest BCUT2D eigenvalue weighted by molar-refractivity contribution is 7.87. The van der Waals surface area contributed by atoms with Crippen LogP contribution < -0.4 is 16.2 Å². The van der Waals surface area contributed by atoms with E-state index in [-0.39, 0.29) is 29.8 Å². The molecule has 0 radical (unpaired) electrons. The van der Waals surface area contributed by atoms with Crippen molar-refractivity contribution in [3.8, 4) is 5.75 Å². The number of rotatable bonds is 4. The normalized spacial score (nSPS) is 16.9. The van der Waals surface area contributed by atoms with Gasteiger partial charge in [-0.1, -0.05) is 20.8 Å². The van der Waals surface area contributed by atoms with Crippen LogP contribution in [0, 0.1) is 0 Å². The van der Waals surface area contributed by atoms with Gasteiger partial charge in [0.2, 0.25) is 0 Å². The lowest BCUT2D eigenvalue weighted by Crippen LogP contribution is -2.28. The third-order valence-corrected chi connectivity index (χ3v) is 5.85. The van der Waals surface area contributed by atoms with E-state index in [9.17, 15) is 17.8 Å². The molecule has 1 aliphatic rings. The van der Waals surface area contributed by atoms with E-state index in [2.05, 4.69) is 0 Å². The summed E-state index contributed by atoms with van der Waals surface area (Å²) in [5.41, 5.74) is 12.0. The largest absolute Gasteiger partial charge is 0.494 e. The molecular weight excluding hydrogens is 320 g/mol. The Morgan fingerprint density at radius 3 is 2.17 bits per heavy atom. The average molecular weight is 342 g/mol. The van der Waals surface area contributed by atoms with Crippen molar-refractivity contribution in [2.24, 2.45) is 5.73 Å². The molecule has 0 aromatic heterocycles. The van der Waals surface area contributed by atoms with Gasteiger partial charge in [0.25, 0.3) is 16.0 Å². The minimum Gasteiger partial charge on any atom is -0.494 e. The number of primary amides is 1. The number of benzene rings is 1. The van der Waals surface area contributed by atoms with Crippen molar-refractivity contribution in [1.29, 1.82) is 0 Å². The highest BCUT2D eigenvalue weighted by Crippen LogP contribution is 2.58. The molecule has 0 atom stereocenters. The van der Waals surface area contributed by atoms with Crippen LogP contribution in [0.15, 0.2) is 6.07 Å². The summed E-state index contributed by atoms with van der Waals surface area (Å²) in [6, 6.07) is 1.51. The number of carbonyl (C=O) groups is 1. The fourth-order valence-electron chi connectivity index (χ4n) is 2.92. The van der Waals surface area contributed by atoms with Gasteiger partial charge in [-0.05, 0) is 29.9 Å². The smallest absolute Gasteiger partial charge is 0.274 e. The molecule has 0 spiro atoms. The molecule has 1 aromatic carbocycles. The molecule has 8 heteroatoms. The third-order valence-electron chi connectivity index (χ3n) is 4.25. The Morgan fingerprint density at radius 1 is 1.35 bits per heavy atom. The monoisotopic (exact) mass is 342 g/mol. The fourth-order valence-corrected chi connectivity index (χ4v) is 4.02. The second kappa shape index (κ2) is 5.10. The van der Waals surface area contributed by atoms with Crippen molar-refractivity contribution in [1.82, 2.24) is 0 Å². The van der Waals surface area contributed by atoms with Crippen molar-refractivity contribution < 1.29 is 22.5 Å². The van der Waals surface area contributed by atoms with E-state index in [1.807, 2.05) is 20.8 Å². The number of hydrogen-bond donors (Lipinski definition) is 3. The summed E-state index contributed by atoms with van der Waals surface area (Å²) in [5, 5.41) is 0. The molecule has 1 aliphatic carbocycles. The molecular formula is C15H22N2O5S. The SMILES string of the molecule is COc1c(C(N)=O)cc(C(C)(C)C)c(C2(S(=O)(=O)O)CC2)c1N. The highest BCUT2D eigenvalue weighted by Gasteiger charge is 2.58. The van der Waals surface area contributed by atoms with Gasteiger partial charge in [-0.25, -0.2) is 0 Å². The summed E-state index contributed by atoms with van der Waals surface area (Å²) in [7, 11) is -3.03. The first kappa shape index (κ1) is 17.6. The van der Waals surface area contributed by atoms with Gasteiger partial charge in [-0.15, -0.1) is 0 Å². The maximum Gasteiger partial charge on any atom is 0.274 e. The van der Waals surface area contributed by atoms with Crippen LogP contribution in [0.3, 0.4) is 0 Å². The number of amides is 1. The molecule has 5 N–H and O–H groups in total. The molecule has 7 nitrogen and oxygen atoms in total. The average Bonchev–Trinajstić information content (AvgIpc) is 3.16. The number of nitrogen functional groups attached to an aromatic ring is 1. The van der Waals surface area contributed by atoms with E-state index in [1.165, 1.54) is 13.2 Å². The van der Waals surface area contributed by atoms with Crippen molar-refractivity contribution in [2.45, 2.75) is 43.8 Å². The van der Waals surface area contributed by atoms with E-state index < -0.39 is 26.2 Å². The van der Waals surface area contributed by atoms with Gasteiger partial charge in [0.15, 0.2) is 5.75 Å².